The topological polar surface area (TPSA) is 49.2 Å². The van der Waals surface area contributed by atoms with E-state index in [0.717, 1.165) is 31.7 Å². The summed E-state index contributed by atoms with van der Waals surface area (Å²) in [6.07, 6.45) is 2.78. The van der Waals surface area contributed by atoms with E-state index < -0.39 is 0 Å². The second-order valence-corrected chi connectivity index (χ2v) is 4.09. The largest absolute Gasteiger partial charge is 0.380 e. The molecule has 0 N–H and O–H groups in total. The van der Waals surface area contributed by atoms with Gasteiger partial charge in [0.15, 0.2) is 0 Å². The van der Waals surface area contributed by atoms with Gasteiger partial charge in [-0.3, -0.25) is 4.90 Å². The van der Waals surface area contributed by atoms with Crippen molar-refractivity contribution in [1.82, 2.24) is 9.88 Å². The molecule has 0 amide bonds. The van der Waals surface area contributed by atoms with Crippen LogP contribution in [0.5, 0.6) is 0 Å². The van der Waals surface area contributed by atoms with Crippen LogP contribution in [-0.4, -0.2) is 36.2 Å². The Morgan fingerprint density at radius 2 is 2.56 bits per heavy atom. The zero-order chi connectivity index (χ0) is 11.4. The summed E-state index contributed by atoms with van der Waals surface area (Å²) in [7, 11) is 2.09. The Kier molecular flexibility index (Phi) is 3.50. The Balaban J connectivity index is 2.00. The highest BCUT2D eigenvalue weighted by atomic mass is 16.5. The maximum absolute atomic E-state index is 8.76. The first-order valence-electron chi connectivity index (χ1n) is 5.42. The zero-order valence-corrected chi connectivity index (χ0v) is 9.39. The monoisotopic (exact) mass is 217 g/mol. The molecule has 1 unspecified atom stereocenters. The van der Waals surface area contributed by atoms with E-state index in [0.29, 0.717) is 11.7 Å². The van der Waals surface area contributed by atoms with Gasteiger partial charge >= 0.3 is 0 Å². The lowest BCUT2D eigenvalue weighted by Gasteiger charge is -2.22. The summed E-state index contributed by atoms with van der Waals surface area (Å²) in [4.78, 5) is 6.23. The zero-order valence-electron chi connectivity index (χ0n) is 9.39. The van der Waals surface area contributed by atoms with Crippen molar-refractivity contribution in [2.24, 2.45) is 0 Å². The number of pyridine rings is 1. The third-order valence-electron chi connectivity index (χ3n) is 2.90. The summed E-state index contributed by atoms with van der Waals surface area (Å²) >= 11 is 0. The van der Waals surface area contributed by atoms with Gasteiger partial charge in [-0.2, -0.15) is 5.26 Å². The summed E-state index contributed by atoms with van der Waals surface area (Å²) < 4.78 is 5.35. The normalized spacial score (nSPS) is 19.9. The van der Waals surface area contributed by atoms with Gasteiger partial charge in [0.25, 0.3) is 0 Å². The molecule has 1 aromatic rings. The van der Waals surface area contributed by atoms with Crippen LogP contribution >= 0.6 is 0 Å². The molecule has 0 bridgehead atoms. The third-order valence-corrected chi connectivity index (χ3v) is 2.90. The minimum Gasteiger partial charge on any atom is -0.380 e. The molecule has 1 aliphatic rings. The molecule has 16 heavy (non-hydrogen) atoms. The van der Waals surface area contributed by atoms with Gasteiger partial charge in [-0.15, -0.1) is 0 Å². The molecule has 0 aliphatic carbocycles. The minimum absolute atomic E-state index is 0.480. The fraction of sp³-hybridized carbons (Fsp3) is 0.500. The molecule has 0 saturated carbocycles. The number of hydrogen-bond acceptors (Lipinski definition) is 4. The number of ether oxygens (including phenoxy) is 1. The lowest BCUT2D eigenvalue weighted by atomic mass is 10.2. The molecular weight excluding hydrogens is 202 g/mol. The maximum Gasteiger partial charge on any atom is 0.140 e. The first kappa shape index (κ1) is 11.1. The predicted molar refractivity (Wildman–Crippen MR) is 59.6 cm³/mol. The maximum atomic E-state index is 8.76. The molecule has 0 spiro atoms. The van der Waals surface area contributed by atoms with Crippen LogP contribution in [0.25, 0.3) is 0 Å². The standard InChI is InChI=1S/C12H15N3O/c1-15(12-3-5-16-9-12)8-10-2-4-14-11(6-10)7-13/h2,4,6,12H,3,5,8-9H2,1H3. The van der Waals surface area contributed by atoms with Crippen LogP contribution in [0.4, 0.5) is 0 Å². The van der Waals surface area contributed by atoms with E-state index in [2.05, 4.69) is 23.0 Å². The Morgan fingerprint density at radius 3 is 3.25 bits per heavy atom. The average molecular weight is 217 g/mol. The van der Waals surface area contributed by atoms with Gasteiger partial charge in [0.2, 0.25) is 0 Å². The van der Waals surface area contributed by atoms with Crippen molar-refractivity contribution in [3.63, 3.8) is 0 Å². The molecule has 0 aromatic carbocycles. The Labute approximate surface area is 95.5 Å². The van der Waals surface area contributed by atoms with E-state index in [1.165, 1.54) is 0 Å². The van der Waals surface area contributed by atoms with E-state index >= 15 is 0 Å². The number of rotatable bonds is 3. The van der Waals surface area contributed by atoms with Gasteiger partial charge in [-0.1, -0.05) is 0 Å². The third kappa shape index (κ3) is 2.57. The molecule has 84 valence electrons. The highest BCUT2D eigenvalue weighted by molar-refractivity contribution is 5.25. The Hall–Kier alpha value is -1.44. The first-order chi connectivity index (χ1) is 7.79. The Bertz CT molecular complexity index is 393. The van der Waals surface area contributed by atoms with Crippen LogP contribution in [0.15, 0.2) is 18.3 Å². The fourth-order valence-corrected chi connectivity index (χ4v) is 1.92. The van der Waals surface area contributed by atoms with Crippen molar-refractivity contribution in [3.05, 3.63) is 29.6 Å². The van der Waals surface area contributed by atoms with Gasteiger partial charge in [0, 0.05) is 25.4 Å². The number of nitriles is 1. The van der Waals surface area contributed by atoms with Crippen LogP contribution in [0, 0.1) is 11.3 Å². The summed E-state index contributed by atoms with van der Waals surface area (Å²) in [6.45, 7) is 2.51. The Morgan fingerprint density at radius 1 is 1.69 bits per heavy atom. The number of likely N-dealkylation sites (N-methyl/N-ethyl adjacent to an activating group) is 1. The summed E-state index contributed by atoms with van der Waals surface area (Å²) in [6, 6.07) is 6.35. The predicted octanol–water partition coefficient (Wildman–Crippen LogP) is 1.17. The highest BCUT2D eigenvalue weighted by Gasteiger charge is 2.20. The second-order valence-electron chi connectivity index (χ2n) is 4.09. The van der Waals surface area contributed by atoms with Crippen LogP contribution in [0.2, 0.25) is 0 Å². The van der Waals surface area contributed by atoms with Gasteiger partial charge in [-0.25, -0.2) is 4.98 Å². The molecule has 2 heterocycles. The summed E-state index contributed by atoms with van der Waals surface area (Å²) in [5, 5.41) is 8.76. The van der Waals surface area contributed by atoms with Crippen LogP contribution in [0.1, 0.15) is 17.7 Å². The average Bonchev–Trinajstić information content (AvgIpc) is 2.83. The van der Waals surface area contributed by atoms with Gasteiger partial charge in [0.1, 0.15) is 11.8 Å². The lowest BCUT2D eigenvalue weighted by Crippen LogP contribution is -2.31. The van der Waals surface area contributed by atoms with Crippen LogP contribution < -0.4 is 0 Å². The van der Waals surface area contributed by atoms with Gasteiger partial charge in [-0.05, 0) is 31.2 Å². The quantitative estimate of drug-likeness (QED) is 0.762. The molecule has 1 aromatic heterocycles. The smallest absolute Gasteiger partial charge is 0.140 e. The summed E-state index contributed by atoms with van der Waals surface area (Å²) in [5.41, 5.74) is 1.61. The van der Waals surface area contributed by atoms with Crippen molar-refractivity contribution in [3.8, 4) is 6.07 Å². The van der Waals surface area contributed by atoms with E-state index in [4.69, 9.17) is 10.00 Å². The van der Waals surface area contributed by atoms with Crippen molar-refractivity contribution in [1.29, 1.82) is 5.26 Å². The van der Waals surface area contributed by atoms with Gasteiger partial charge < -0.3 is 4.74 Å². The number of aromatic nitrogens is 1. The SMILES string of the molecule is CN(Cc1ccnc(C#N)c1)C1CCOC1. The van der Waals surface area contributed by atoms with Crippen LogP contribution in [-0.2, 0) is 11.3 Å². The molecule has 0 radical (unpaired) electrons. The minimum atomic E-state index is 0.480. The molecule has 4 heteroatoms. The fourth-order valence-electron chi connectivity index (χ4n) is 1.92. The van der Waals surface area contributed by atoms with E-state index in [-0.39, 0.29) is 0 Å². The van der Waals surface area contributed by atoms with Crippen molar-refractivity contribution in [2.45, 2.75) is 19.0 Å². The van der Waals surface area contributed by atoms with Crippen molar-refractivity contribution in [2.75, 3.05) is 20.3 Å². The van der Waals surface area contributed by atoms with Gasteiger partial charge in [0.05, 0.1) is 6.61 Å². The molecule has 4 nitrogen and oxygen atoms in total. The van der Waals surface area contributed by atoms with E-state index in [1.54, 1.807) is 6.20 Å². The molecule has 2 rings (SSSR count). The molecular formula is C12H15N3O. The van der Waals surface area contributed by atoms with Crippen molar-refractivity contribution < 1.29 is 4.74 Å². The molecule has 1 aliphatic heterocycles. The number of nitrogens with zero attached hydrogens (tertiary/aromatic N) is 3. The van der Waals surface area contributed by atoms with Crippen LogP contribution in [0.3, 0.4) is 0 Å². The highest BCUT2D eigenvalue weighted by Crippen LogP contribution is 2.13. The van der Waals surface area contributed by atoms with E-state index in [9.17, 15) is 0 Å². The van der Waals surface area contributed by atoms with Crippen molar-refractivity contribution >= 4 is 0 Å². The molecule has 1 atom stereocenters. The summed E-state index contributed by atoms with van der Waals surface area (Å²) in [5.74, 6) is 0. The lowest BCUT2D eigenvalue weighted by molar-refractivity contribution is 0.156. The first-order valence-corrected chi connectivity index (χ1v) is 5.42. The molecule has 1 saturated heterocycles. The van der Waals surface area contributed by atoms with E-state index in [1.807, 2.05) is 12.1 Å². The molecule has 1 fully saturated rings. The second kappa shape index (κ2) is 5.06. The number of hydrogen-bond donors (Lipinski definition) is 0.